The van der Waals surface area contributed by atoms with Crippen molar-refractivity contribution in [3.05, 3.63) is 108 Å². The van der Waals surface area contributed by atoms with Gasteiger partial charge in [0.2, 0.25) is 0 Å². The lowest BCUT2D eigenvalue weighted by molar-refractivity contribution is -0.134. The molecule has 3 aromatic rings. The number of amides is 2. The summed E-state index contributed by atoms with van der Waals surface area (Å²) in [5, 5.41) is 2.24. The minimum atomic E-state index is -0.393. The van der Waals surface area contributed by atoms with Crippen LogP contribution in [0, 0.1) is 0 Å². The number of ketones is 1. The van der Waals surface area contributed by atoms with Crippen molar-refractivity contribution in [3.8, 4) is 11.5 Å². The third-order valence-corrected chi connectivity index (χ3v) is 6.56. The average molecular weight is 552 g/mol. The predicted octanol–water partition coefficient (Wildman–Crippen LogP) is 6.34. The quantitative estimate of drug-likeness (QED) is 0.0591. The molecule has 0 unspecified atom stereocenters. The minimum Gasteiger partial charge on any atom is -0.494 e. The van der Waals surface area contributed by atoms with E-state index in [-0.39, 0.29) is 17.7 Å². The van der Waals surface area contributed by atoms with E-state index in [1.54, 1.807) is 54.6 Å². The van der Waals surface area contributed by atoms with Gasteiger partial charge in [-0.05, 0) is 54.3 Å². The summed E-state index contributed by atoms with van der Waals surface area (Å²) >= 11 is 0. The molecule has 0 bridgehead atoms. The third-order valence-electron chi connectivity index (χ3n) is 6.56. The molecule has 0 aromatic heterocycles. The molecule has 0 saturated heterocycles. The fraction of sp³-hybridized carbons (Fsp3) is 0.235. The van der Waals surface area contributed by atoms with Crippen LogP contribution in [-0.4, -0.2) is 30.2 Å². The second-order valence-corrected chi connectivity index (χ2v) is 9.73. The number of unbranched alkanes of at least 4 members (excludes halogenated alkanes) is 5. The maximum atomic E-state index is 12.2. The van der Waals surface area contributed by atoms with Gasteiger partial charge in [-0.2, -0.15) is 0 Å². The van der Waals surface area contributed by atoms with Crippen molar-refractivity contribution in [1.29, 1.82) is 0 Å². The van der Waals surface area contributed by atoms with Crippen LogP contribution in [0.3, 0.4) is 0 Å². The maximum absolute atomic E-state index is 12.2. The van der Waals surface area contributed by atoms with Crippen molar-refractivity contribution >= 4 is 35.2 Å². The molecule has 4 rings (SSSR count). The van der Waals surface area contributed by atoms with Crippen LogP contribution in [0.2, 0.25) is 0 Å². The van der Waals surface area contributed by atoms with E-state index in [2.05, 4.69) is 5.32 Å². The number of carbonyl (C=O) groups is 4. The molecule has 210 valence electrons. The molecule has 7 heteroatoms. The SMILES string of the molecule is O=C1C=C(c2ccc(OCCCCCCCCC(=O)Oc3ccc(C=CC(=O)c4ccccc4)cc3)cc2)C(=O)N1. The Bertz CT molecular complexity index is 1410. The van der Waals surface area contributed by atoms with E-state index in [4.69, 9.17) is 9.47 Å². The van der Waals surface area contributed by atoms with Gasteiger partial charge < -0.3 is 9.47 Å². The summed E-state index contributed by atoms with van der Waals surface area (Å²) < 4.78 is 11.2. The first-order valence-corrected chi connectivity index (χ1v) is 13.9. The molecule has 0 radical (unpaired) electrons. The Balaban J connectivity index is 1.03. The van der Waals surface area contributed by atoms with Crippen molar-refractivity contribution in [2.24, 2.45) is 0 Å². The smallest absolute Gasteiger partial charge is 0.311 e. The number of carbonyl (C=O) groups excluding carboxylic acids is 4. The van der Waals surface area contributed by atoms with Gasteiger partial charge in [0, 0.05) is 18.1 Å². The van der Waals surface area contributed by atoms with Crippen LogP contribution in [0.4, 0.5) is 0 Å². The largest absolute Gasteiger partial charge is 0.494 e. The second-order valence-electron chi connectivity index (χ2n) is 9.73. The van der Waals surface area contributed by atoms with Crippen LogP contribution < -0.4 is 14.8 Å². The van der Waals surface area contributed by atoms with Crippen LogP contribution in [0.15, 0.2) is 91.0 Å². The molecule has 0 fully saturated rings. The number of benzene rings is 3. The first-order valence-electron chi connectivity index (χ1n) is 13.9. The van der Waals surface area contributed by atoms with E-state index in [0.29, 0.717) is 35.5 Å². The summed E-state index contributed by atoms with van der Waals surface area (Å²) in [4.78, 5) is 47.4. The molecule has 0 aliphatic carbocycles. The number of ether oxygens (including phenoxy) is 2. The number of hydrogen-bond donors (Lipinski definition) is 1. The highest BCUT2D eigenvalue weighted by Crippen LogP contribution is 2.22. The Morgan fingerprint density at radius 2 is 1.39 bits per heavy atom. The number of imide groups is 1. The van der Waals surface area contributed by atoms with E-state index in [1.165, 1.54) is 12.2 Å². The van der Waals surface area contributed by atoms with Crippen LogP contribution in [0.25, 0.3) is 11.6 Å². The highest BCUT2D eigenvalue weighted by atomic mass is 16.5. The van der Waals surface area contributed by atoms with Crippen LogP contribution >= 0.6 is 0 Å². The summed E-state index contributed by atoms with van der Waals surface area (Å²) in [6.07, 6.45) is 10.8. The van der Waals surface area contributed by atoms with Crippen molar-refractivity contribution in [2.45, 2.75) is 44.9 Å². The zero-order valence-electron chi connectivity index (χ0n) is 22.8. The Morgan fingerprint density at radius 1 is 0.732 bits per heavy atom. The van der Waals surface area contributed by atoms with Gasteiger partial charge in [-0.25, -0.2) is 0 Å². The Morgan fingerprint density at radius 3 is 2.07 bits per heavy atom. The van der Waals surface area contributed by atoms with Crippen molar-refractivity contribution in [3.63, 3.8) is 0 Å². The summed E-state index contributed by atoms with van der Waals surface area (Å²) in [7, 11) is 0. The van der Waals surface area contributed by atoms with E-state index >= 15 is 0 Å². The van der Waals surface area contributed by atoms with Crippen LogP contribution in [0.5, 0.6) is 11.5 Å². The van der Waals surface area contributed by atoms with Gasteiger partial charge in [-0.1, -0.05) is 86.4 Å². The Labute approximate surface area is 239 Å². The monoisotopic (exact) mass is 551 g/mol. The molecule has 3 aromatic carbocycles. The Hall–Kier alpha value is -4.78. The molecule has 0 saturated carbocycles. The normalized spacial score (nSPS) is 12.7. The first-order chi connectivity index (χ1) is 20.0. The van der Waals surface area contributed by atoms with Gasteiger partial charge in [0.25, 0.3) is 11.8 Å². The minimum absolute atomic E-state index is 0.0624. The summed E-state index contributed by atoms with van der Waals surface area (Å²) in [5.41, 5.74) is 2.54. The van der Waals surface area contributed by atoms with Crippen molar-refractivity contribution in [1.82, 2.24) is 5.32 Å². The molecule has 0 spiro atoms. The fourth-order valence-electron chi connectivity index (χ4n) is 4.33. The van der Waals surface area contributed by atoms with Gasteiger partial charge in [-0.3, -0.25) is 24.5 Å². The predicted molar refractivity (Wildman–Crippen MR) is 157 cm³/mol. The standard InChI is InChI=1S/C34H33NO6/c36-31(27-10-6-5-7-11-27)22-15-25-13-18-29(19-14-25)41-33(38)12-8-3-1-2-4-9-23-40-28-20-16-26(17-21-28)30-24-32(37)35-34(30)39/h5-7,10-11,13-22,24H,1-4,8-9,12,23H2,(H,35,37,39). The molecular weight excluding hydrogens is 518 g/mol. The number of nitrogens with one attached hydrogen (secondary N) is 1. The van der Waals surface area contributed by atoms with Crippen LogP contribution in [0.1, 0.15) is 66.4 Å². The average Bonchev–Trinajstić information content (AvgIpc) is 3.33. The van der Waals surface area contributed by atoms with Gasteiger partial charge >= 0.3 is 5.97 Å². The highest BCUT2D eigenvalue weighted by Gasteiger charge is 2.21. The topological polar surface area (TPSA) is 98.8 Å². The van der Waals surface area contributed by atoms with Gasteiger partial charge in [-0.15, -0.1) is 0 Å². The number of allylic oxidation sites excluding steroid dienone is 1. The van der Waals surface area contributed by atoms with Crippen molar-refractivity contribution in [2.75, 3.05) is 6.61 Å². The summed E-state index contributed by atoms with van der Waals surface area (Å²) in [5.74, 6) is 0.135. The molecular formula is C34H33NO6. The lowest BCUT2D eigenvalue weighted by atomic mass is 10.1. The molecule has 1 N–H and O–H groups in total. The van der Waals surface area contributed by atoms with E-state index in [9.17, 15) is 19.2 Å². The molecule has 0 atom stereocenters. The van der Waals surface area contributed by atoms with Gasteiger partial charge in [0.05, 0.1) is 12.2 Å². The van der Waals surface area contributed by atoms with Gasteiger partial charge in [0.15, 0.2) is 5.78 Å². The Kier molecular flexibility index (Phi) is 10.8. The van der Waals surface area contributed by atoms with Gasteiger partial charge in [0.1, 0.15) is 11.5 Å². The first kappa shape index (κ1) is 29.2. The van der Waals surface area contributed by atoms with Crippen molar-refractivity contribution < 1.29 is 28.7 Å². The molecule has 1 aliphatic heterocycles. The molecule has 7 nitrogen and oxygen atoms in total. The lowest BCUT2D eigenvalue weighted by Crippen LogP contribution is -2.21. The van der Waals surface area contributed by atoms with Crippen LogP contribution in [-0.2, 0) is 14.4 Å². The third kappa shape index (κ3) is 9.42. The fourth-order valence-corrected chi connectivity index (χ4v) is 4.33. The molecule has 41 heavy (non-hydrogen) atoms. The lowest BCUT2D eigenvalue weighted by Gasteiger charge is -2.07. The number of hydrogen-bond acceptors (Lipinski definition) is 6. The molecule has 1 aliphatic rings. The maximum Gasteiger partial charge on any atom is 0.311 e. The summed E-state index contributed by atoms with van der Waals surface area (Å²) in [6, 6.07) is 23.3. The zero-order chi connectivity index (χ0) is 28.9. The number of esters is 1. The zero-order valence-corrected chi connectivity index (χ0v) is 22.8. The summed E-state index contributed by atoms with van der Waals surface area (Å²) in [6.45, 7) is 0.602. The number of rotatable bonds is 15. The highest BCUT2D eigenvalue weighted by molar-refractivity contribution is 6.33. The van der Waals surface area contributed by atoms with E-state index < -0.39 is 5.91 Å². The van der Waals surface area contributed by atoms with E-state index in [0.717, 1.165) is 49.8 Å². The molecule has 1 heterocycles. The van der Waals surface area contributed by atoms with E-state index in [1.807, 2.05) is 30.3 Å². The second kappa shape index (κ2) is 15.1. The molecule has 2 amide bonds.